The van der Waals surface area contributed by atoms with Crippen molar-refractivity contribution in [2.24, 2.45) is 11.3 Å². The molecule has 0 aromatic rings. The van der Waals surface area contributed by atoms with E-state index < -0.39 is 47.5 Å². The van der Waals surface area contributed by atoms with Crippen molar-refractivity contribution in [1.82, 2.24) is 0 Å². The van der Waals surface area contributed by atoms with E-state index in [1.54, 1.807) is 13.8 Å². The van der Waals surface area contributed by atoms with Crippen LogP contribution in [0.1, 0.15) is 13.8 Å². The molecule has 0 aromatic carbocycles. The molecule has 0 saturated heterocycles. The van der Waals surface area contributed by atoms with Crippen molar-refractivity contribution in [3.05, 3.63) is 11.1 Å². The number of hydrogen-bond donors (Lipinski definition) is 0. The summed E-state index contributed by atoms with van der Waals surface area (Å²) in [7, 11) is 0. The molecule has 128 valence electrons. The van der Waals surface area contributed by atoms with Crippen LogP contribution in [0.3, 0.4) is 0 Å². The Morgan fingerprint density at radius 1 is 1.32 bits per heavy atom. The summed E-state index contributed by atoms with van der Waals surface area (Å²) in [6, 6.07) is 0. The first-order valence-electron chi connectivity index (χ1n) is 6.01. The molecular formula is C12H13ClF6O3. The van der Waals surface area contributed by atoms with Crippen molar-refractivity contribution in [2.75, 3.05) is 6.61 Å². The van der Waals surface area contributed by atoms with E-state index in [2.05, 4.69) is 9.47 Å². The Hall–Kier alpha value is -0.960. The lowest BCUT2D eigenvalue weighted by molar-refractivity contribution is -0.258. The van der Waals surface area contributed by atoms with Gasteiger partial charge in [0.1, 0.15) is 17.7 Å². The second kappa shape index (κ2) is 6.27. The molecule has 3 nitrogen and oxygen atoms in total. The molecule has 0 heterocycles. The summed E-state index contributed by atoms with van der Waals surface area (Å²) in [5.41, 5.74) is -0.663. The molecule has 0 aliphatic heterocycles. The third-order valence-electron chi connectivity index (χ3n) is 3.38. The van der Waals surface area contributed by atoms with Gasteiger partial charge in [0, 0.05) is 11.3 Å². The molecule has 0 radical (unpaired) electrons. The fraction of sp³-hybridized carbons (Fsp3) is 0.750. The highest BCUT2D eigenvalue weighted by atomic mass is 35.5. The Balaban J connectivity index is 2.73. The van der Waals surface area contributed by atoms with Crippen molar-refractivity contribution in [3.8, 4) is 0 Å². The van der Waals surface area contributed by atoms with E-state index in [9.17, 15) is 31.1 Å². The van der Waals surface area contributed by atoms with Crippen molar-refractivity contribution < 1.29 is 40.6 Å². The van der Waals surface area contributed by atoms with Gasteiger partial charge in [-0.15, -0.1) is 0 Å². The molecule has 2 atom stereocenters. The Kier molecular flexibility index (Phi) is 5.44. The second-order valence-corrected chi connectivity index (χ2v) is 5.79. The van der Waals surface area contributed by atoms with Gasteiger partial charge in [-0.3, -0.25) is 4.79 Å². The summed E-state index contributed by atoms with van der Waals surface area (Å²) in [6.45, 7) is 1.17. The van der Waals surface area contributed by atoms with Crippen LogP contribution in [-0.4, -0.2) is 37.6 Å². The van der Waals surface area contributed by atoms with Crippen LogP contribution >= 0.6 is 11.6 Å². The Bertz CT molecular complexity index is 452. The molecule has 0 amide bonds. The predicted octanol–water partition coefficient (Wildman–Crippen LogP) is 3.82. The van der Waals surface area contributed by atoms with Crippen LogP contribution in [0.2, 0.25) is 0 Å². The summed E-state index contributed by atoms with van der Waals surface area (Å²) in [5, 5.41) is -1.24. The average molecular weight is 355 g/mol. The zero-order chi connectivity index (χ0) is 17.3. The highest BCUT2D eigenvalue weighted by Gasteiger charge is 2.60. The van der Waals surface area contributed by atoms with E-state index in [0.29, 0.717) is 0 Å². The topological polar surface area (TPSA) is 35.5 Å². The fourth-order valence-electron chi connectivity index (χ4n) is 1.82. The lowest BCUT2D eigenvalue weighted by Crippen LogP contribution is -2.36. The fourth-order valence-corrected chi connectivity index (χ4v) is 2.02. The summed E-state index contributed by atoms with van der Waals surface area (Å²) in [5.74, 6) is -5.39. The van der Waals surface area contributed by atoms with E-state index in [0.717, 1.165) is 6.08 Å². The van der Waals surface area contributed by atoms with Crippen LogP contribution < -0.4 is 0 Å². The molecule has 1 rings (SSSR count). The van der Waals surface area contributed by atoms with Gasteiger partial charge < -0.3 is 9.47 Å². The molecule has 22 heavy (non-hydrogen) atoms. The average Bonchev–Trinajstić information content (AvgIpc) is 2.89. The van der Waals surface area contributed by atoms with Gasteiger partial charge in [-0.25, -0.2) is 8.78 Å². The van der Waals surface area contributed by atoms with Gasteiger partial charge in [-0.1, -0.05) is 31.5 Å². The van der Waals surface area contributed by atoms with Crippen LogP contribution in [-0.2, 0) is 14.3 Å². The van der Waals surface area contributed by atoms with E-state index >= 15 is 0 Å². The molecular weight excluding hydrogens is 342 g/mol. The number of carbonyl (C=O) groups excluding carboxylic acids is 1. The maximum atomic E-state index is 13.5. The largest absolute Gasteiger partial charge is 0.463 e. The lowest BCUT2D eigenvalue weighted by Gasteiger charge is -2.20. The smallest absolute Gasteiger partial charge is 0.393 e. The van der Waals surface area contributed by atoms with E-state index in [-0.39, 0.29) is 6.47 Å². The van der Waals surface area contributed by atoms with Gasteiger partial charge in [0.05, 0.1) is 0 Å². The highest BCUT2D eigenvalue weighted by molar-refractivity contribution is 6.30. The van der Waals surface area contributed by atoms with Crippen molar-refractivity contribution in [1.29, 1.82) is 0 Å². The number of alkyl halides is 6. The van der Waals surface area contributed by atoms with Gasteiger partial charge in [-0.2, -0.15) is 17.6 Å². The molecule has 0 spiro atoms. The SMILES string of the molecule is CC1(C)C(C=C(Cl)C(F)(F)OCC(F)(F)C(F)F)C1OC=O. The maximum Gasteiger partial charge on any atom is 0.393 e. The summed E-state index contributed by atoms with van der Waals surface area (Å²) >= 11 is 5.32. The van der Waals surface area contributed by atoms with Gasteiger partial charge in [0.25, 0.3) is 6.47 Å². The Labute approximate surface area is 127 Å². The Morgan fingerprint density at radius 3 is 2.32 bits per heavy atom. The molecule has 1 aliphatic rings. The number of rotatable bonds is 8. The molecule has 10 heteroatoms. The van der Waals surface area contributed by atoms with Gasteiger partial charge in [0.2, 0.25) is 0 Å². The number of carbonyl (C=O) groups is 1. The van der Waals surface area contributed by atoms with Crippen LogP contribution in [0, 0.1) is 11.3 Å². The number of halogens is 7. The Morgan fingerprint density at radius 2 is 1.86 bits per heavy atom. The van der Waals surface area contributed by atoms with Gasteiger partial charge in [-0.05, 0) is 0 Å². The normalized spacial score (nSPS) is 25.3. The molecule has 2 unspecified atom stereocenters. The third-order valence-corrected chi connectivity index (χ3v) is 3.73. The zero-order valence-electron chi connectivity index (χ0n) is 11.5. The first kappa shape index (κ1) is 19.1. The summed E-state index contributed by atoms with van der Waals surface area (Å²) in [4.78, 5) is 10.2. The monoisotopic (exact) mass is 354 g/mol. The maximum absolute atomic E-state index is 13.5. The molecule has 1 aliphatic carbocycles. The number of ether oxygens (including phenoxy) is 2. The first-order chi connectivity index (χ1) is 9.86. The second-order valence-electron chi connectivity index (χ2n) is 5.38. The van der Waals surface area contributed by atoms with Crippen LogP contribution in [0.25, 0.3) is 0 Å². The minimum atomic E-state index is -4.72. The van der Waals surface area contributed by atoms with Gasteiger partial charge in [0.15, 0.2) is 0 Å². The predicted molar refractivity (Wildman–Crippen MR) is 64.0 cm³/mol. The zero-order valence-corrected chi connectivity index (χ0v) is 12.2. The molecule has 0 bridgehead atoms. The highest BCUT2D eigenvalue weighted by Crippen LogP contribution is 2.56. The van der Waals surface area contributed by atoms with E-state index in [1.165, 1.54) is 0 Å². The standard InChI is InChI=1S/C12H13ClF6O3/c1-10(2)6(8(10)21-5-20)3-7(13)12(18,19)22-4-11(16,17)9(14)15/h3,5-6,8-9H,4H2,1-2H3. The summed E-state index contributed by atoms with van der Waals surface area (Å²) < 4.78 is 84.0. The molecule has 1 fully saturated rings. The molecule has 0 aromatic heterocycles. The molecule has 0 N–H and O–H groups in total. The third kappa shape index (κ3) is 4.07. The molecule has 1 saturated carbocycles. The van der Waals surface area contributed by atoms with Crippen LogP contribution in [0.5, 0.6) is 0 Å². The minimum Gasteiger partial charge on any atom is -0.463 e. The van der Waals surface area contributed by atoms with Gasteiger partial charge >= 0.3 is 18.5 Å². The van der Waals surface area contributed by atoms with Crippen molar-refractivity contribution in [3.63, 3.8) is 0 Å². The quantitative estimate of drug-likeness (QED) is 0.491. The lowest BCUT2D eigenvalue weighted by atomic mass is 10.1. The van der Waals surface area contributed by atoms with E-state index in [1.807, 2.05) is 0 Å². The van der Waals surface area contributed by atoms with Crippen LogP contribution in [0.4, 0.5) is 26.3 Å². The van der Waals surface area contributed by atoms with Crippen molar-refractivity contribution >= 4 is 18.1 Å². The van der Waals surface area contributed by atoms with Crippen molar-refractivity contribution in [2.45, 2.75) is 38.4 Å². The number of hydrogen-bond acceptors (Lipinski definition) is 3. The minimum absolute atomic E-state index is 0.145. The first-order valence-corrected chi connectivity index (χ1v) is 6.38. The summed E-state index contributed by atoms with van der Waals surface area (Å²) in [6.07, 6.45) is -8.39. The van der Waals surface area contributed by atoms with Crippen LogP contribution in [0.15, 0.2) is 11.1 Å². The van der Waals surface area contributed by atoms with E-state index in [4.69, 9.17) is 11.6 Å².